The topological polar surface area (TPSA) is 41.1 Å². The fourth-order valence-corrected chi connectivity index (χ4v) is 3.58. The van der Waals surface area contributed by atoms with Crippen molar-refractivity contribution in [3.05, 3.63) is 93.7 Å². The molecule has 140 valence electrons. The van der Waals surface area contributed by atoms with Crippen LogP contribution in [0.2, 0.25) is 0 Å². The van der Waals surface area contributed by atoms with Crippen molar-refractivity contribution in [1.29, 1.82) is 0 Å². The third-order valence-corrected chi connectivity index (χ3v) is 5.22. The zero-order valence-corrected chi connectivity index (χ0v) is 15.6. The number of carbonyl (C=O) groups is 1. The molecule has 3 rings (SSSR count). The highest BCUT2D eigenvalue weighted by atomic mass is 32.1. The maximum absolute atomic E-state index is 13.4. The molecule has 0 bridgehead atoms. The fraction of sp³-hybridized carbons (Fsp3) is 0.190. The molecule has 1 heterocycles. The van der Waals surface area contributed by atoms with Crippen molar-refractivity contribution in [3.8, 4) is 0 Å². The highest BCUT2D eigenvalue weighted by Gasteiger charge is 2.18. The van der Waals surface area contributed by atoms with Crippen LogP contribution >= 0.6 is 11.3 Å². The summed E-state index contributed by atoms with van der Waals surface area (Å²) in [5.74, 6) is -1.95. The summed E-state index contributed by atoms with van der Waals surface area (Å²) < 4.78 is 26.4. The van der Waals surface area contributed by atoms with Crippen LogP contribution < -0.4 is 10.6 Å². The molecule has 0 aliphatic heterocycles. The van der Waals surface area contributed by atoms with Gasteiger partial charge in [0.15, 0.2) is 11.6 Å². The number of thiophene rings is 1. The van der Waals surface area contributed by atoms with E-state index in [2.05, 4.69) is 10.6 Å². The van der Waals surface area contributed by atoms with Gasteiger partial charge in [-0.05, 0) is 41.6 Å². The summed E-state index contributed by atoms with van der Waals surface area (Å²) in [6, 6.07) is 16.9. The molecule has 1 aromatic heterocycles. The average Bonchev–Trinajstić information content (AvgIpc) is 3.21. The SMILES string of the molecule is C[C@@H](NCC(=O)N[C@@H](c1ccccc1)c1cccs1)c1ccc(F)c(F)c1. The van der Waals surface area contributed by atoms with Crippen LogP contribution in [-0.2, 0) is 4.79 Å². The van der Waals surface area contributed by atoms with Gasteiger partial charge in [0, 0.05) is 10.9 Å². The lowest BCUT2D eigenvalue weighted by Gasteiger charge is -2.20. The molecule has 0 fully saturated rings. The molecule has 0 aliphatic carbocycles. The monoisotopic (exact) mass is 386 g/mol. The predicted octanol–water partition coefficient (Wildman–Crippen LogP) is 4.58. The summed E-state index contributed by atoms with van der Waals surface area (Å²) in [5, 5.41) is 8.06. The molecular weight excluding hydrogens is 366 g/mol. The Hall–Kier alpha value is -2.57. The Morgan fingerprint density at radius 2 is 1.78 bits per heavy atom. The first-order valence-electron chi connectivity index (χ1n) is 8.60. The Bertz CT molecular complexity index is 884. The van der Waals surface area contributed by atoms with Crippen LogP contribution in [0, 0.1) is 11.6 Å². The van der Waals surface area contributed by atoms with E-state index in [1.807, 2.05) is 47.8 Å². The normalized spacial score (nSPS) is 13.1. The van der Waals surface area contributed by atoms with Crippen LogP contribution in [0.1, 0.15) is 35.0 Å². The van der Waals surface area contributed by atoms with Crippen molar-refractivity contribution in [2.75, 3.05) is 6.54 Å². The molecule has 0 unspecified atom stereocenters. The predicted molar refractivity (Wildman–Crippen MR) is 104 cm³/mol. The first-order chi connectivity index (χ1) is 13.0. The van der Waals surface area contributed by atoms with Crippen molar-refractivity contribution < 1.29 is 13.6 Å². The standard InChI is InChI=1S/C21H20F2N2OS/c1-14(16-9-10-17(22)18(23)12-16)24-13-20(26)25-21(19-8-5-11-27-19)15-6-3-2-4-7-15/h2-12,14,21,24H,13H2,1H3,(H,25,26)/t14-,21+/m1/s1. The first kappa shape index (κ1) is 19.2. The molecule has 2 N–H and O–H groups in total. The molecule has 2 aromatic carbocycles. The summed E-state index contributed by atoms with van der Waals surface area (Å²) >= 11 is 1.58. The first-order valence-corrected chi connectivity index (χ1v) is 9.48. The Morgan fingerprint density at radius 1 is 1.00 bits per heavy atom. The molecule has 0 aliphatic rings. The number of benzene rings is 2. The van der Waals surface area contributed by atoms with E-state index in [9.17, 15) is 13.6 Å². The Morgan fingerprint density at radius 3 is 2.44 bits per heavy atom. The lowest BCUT2D eigenvalue weighted by atomic mass is 10.1. The third kappa shape index (κ3) is 4.99. The van der Waals surface area contributed by atoms with Crippen LogP contribution in [0.3, 0.4) is 0 Å². The van der Waals surface area contributed by atoms with Gasteiger partial charge in [-0.3, -0.25) is 4.79 Å². The molecule has 1 amide bonds. The van der Waals surface area contributed by atoms with E-state index < -0.39 is 11.6 Å². The number of nitrogens with one attached hydrogen (secondary N) is 2. The fourth-order valence-electron chi connectivity index (χ4n) is 2.78. The zero-order valence-electron chi connectivity index (χ0n) is 14.8. The van der Waals surface area contributed by atoms with Gasteiger partial charge in [0.2, 0.25) is 5.91 Å². The molecule has 6 heteroatoms. The average molecular weight is 386 g/mol. The lowest BCUT2D eigenvalue weighted by molar-refractivity contribution is -0.120. The van der Waals surface area contributed by atoms with Gasteiger partial charge < -0.3 is 10.6 Å². The van der Waals surface area contributed by atoms with E-state index in [-0.39, 0.29) is 24.5 Å². The highest BCUT2D eigenvalue weighted by molar-refractivity contribution is 7.10. The van der Waals surface area contributed by atoms with E-state index >= 15 is 0 Å². The number of rotatable bonds is 7. The summed E-state index contributed by atoms with van der Waals surface area (Å²) in [6.45, 7) is 1.86. The van der Waals surface area contributed by atoms with E-state index in [4.69, 9.17) is 0 Å². The number of amides is 1. The van der Waals surface area contributed by atoms with Gasteiger partial charge in [0.1, 0.15) is 0 Å². The van der Waals surface area contributed by atoms with Gasteiger partial charge in [-0.25, -0.2) is 8.78 Å². The molecule has 3 nitrogen and oxygen atoms in total. The van der Waals surface area contributed by atoms with Gasteiger partial charge in [-0.1, -0.05) is 42.5 Å². The van der Waals surface area contributed by atoms with E-state index in [1.54, 1.807) is 18.3 Å². The minimum absolute atomic E-state index is 0.0644. The van der Waals surface area contributed by atoms with Crippen LogP contribution in [-0.4, -0.2) is 12.5 Å². The smallest absolute Gasteiger partial charge is 0.234 e. The van der Waals surface area contributed by atoms with Gasteiger partial charge in [0.05, 0.1) is 12.6 Å². The van der Waals surface area contributed by atoms with Gasteiger partial charge in [-0.15, -0.1) is 11.3 Å². The second kappa shape index (κ2) is 8.88. The maximum Gasteiger partial charge on any atom is 0.234 e. The summed E-state index contributed by atoms with van der Waals surface area (Å²) in [4.78, 5) is 13.5. The molecular formula is C21H20F2N2OS. The molecule has 2 atom stereocenters. The van der Waals surface area contributed by atoms with E-state index in [0.717, 1.165) is 22.6 Å². The summed E-state index contributed by atoms with van der Waals surface area (Å²) in [5.41, 5.74) is 1.58. The summed E-state index contributed by atoms with van der Waals surface area (Å²) in [7, 11) is 0. The molecule has 27 heavy (non-hydrogen) atoms. The van der Waals surface area contributed by atoms with Gasteiger partial charge in [-0.2, -0.15) is 0 Å². The highest BCUT2D eigenvalue weighted by Crippen LogP contribution is 2.25. The van der Waals surface area contributed by atoms with Crippen LogP contribution in [0.4, 0.5) is 8.78 Å². The molecule has 0 spiro atoms. The van der Waals surface area contributed by atoms with Crippen molar-refractivity contribution >= 4 is 17.2 Å². The van der Waals surface area contributed by atoms with Crippen LogP contribution in [0.25, 0.3) is 0 Å². The second-order valence-corrected chi connectivity index (χ2v) is 7.18. The number of hydrogen-bond acceptors (Lipinski definition) is 3. The van der Waals surface area contributed by atoms with E-state index in [1.165, 1.54) is 6.07 Å². The zero-order chi connectivity index (χ0) is 19.2. The third-order valence-electron chi connectivity index (χ3n) is 4.28. The van der Waals surface area contributed by atoms with Crippen molar-refractivity contribution in [2.45, 2.75) is 19.0 Å². The number of hydrogen-bond donors (Lipinski definition) is 2. The minimum Gasteiger partial charge on any atom is -0.343 e. The maximum atomic E-state index is 13.4. The number of halogens is 2. The van der Waals surface area contributed by atoms with E-state index in [0.29, 0.717) is 5.56 Å². The molecule has 0 saturated carbocycles. The number of carbonyl (C=O) groups excluding carboxylic acids is 1. The van der Waals surface area contributed by atoms with Gasteiger partial charge in [0.25, 0.3) is 0 Å². The second-order valence-electron chi connectivity index (χ2n) is 6.20. The molecule has 0 radical (unpaired) electrons. The van der Waals surface area contributed by atoms with Crippen molar-refractivity contribution in [2.24, 2.45) is 0 Å². The summed E-state index contributed by atoms with van der Waals surface area (Å²) in [6.07, 6.45) is 0. The quantitative estimate of drug-likeness (QED) is 0.624. The minimum atomic E-state index is -0.896. The Balaban J connectivity index is 1.63. The van der Waals surface area contributed by atoms with Crippen LogP contribution in [0.5, 0.6) is 0 Å². The van der Waals surface area contributed by atoms with Crippen molar-refractivity contribution in [1.82, 2.24) is 10.6 Å². The Labute approximate surface area is 161 Å². The molecule has 3 aromatic rings. The van der Waals surface area contributed by atoms with Crippen molar-refractivity contribution in [3.63, 3.8) is 0 Å². The van der Waals surface area contributed by atoms with Gasteiger partial charge >= 0.3 is 0 Å². The molecule has 0 saturated heterocycles. The van der Waals surface area contributed by atoms with Crippen LogP contribution in [0.15, 0.2) is 66.0 Å². The largest absolute Gasteiger partial charge is 0.343 e. The lowest BCUT2D eigenvalue weighted by Crippen LogP contribution is -2.37. The Kier molecular flexibility index (Phi) is 6.32.